The van der Waals surface area contributed by atoms with E-state index in [1.165, 1.54) is 5.56 Å². The van der Waals surface area contributed by atoms with Gasteiger partial charge in [-0.3, -0.25) is 4.98 Å². The quantitative estimate of drug-likeness (QED) is 0.674. The minimum absolute atomic E-state index is 0.620. The predicted octanol–water partition coefficient (Wildman–Crippen LogP) is 3.17. The minimum atomic E-state index is 0.620. The zero-order chi connectivity index (χ0) is 18.2. The third-order valence-corrected chi connectivity index (χ3v) is 4.13. The molecule has 26 heavy (non-hydrogen) atoms. The normalized spacial score (nSPS) is 10.4. The number of benzene rings is 1. The van der Waals surface area contributed by atoms with Crippen LogP contribution in [0.2, 0.25) is 0 Å². The fourth-order valence-electron chi connectivity index (χ4n) is 2.53. The van der Waals surface area contributed by atoms with Crippen LogP contribution in [-0.4, -0.2) is 35.7 Å². The molecule has 6 nitrogen and oxygen atoms in total. The van der Waals surface area contributed by atoms with Crippen LogP contribution in [0.3, 0.4) is 0 Å². The van der Waals surface area contributed by atoms with Gasteiger partial charge in [-0.15, -0.1) is 0 Å². The molecule has 0 bridgehead atoms. The van der Waals surface area contributed by atoms with Gasteiger partial charge in [-0.1, -0.05) is 12.1 Å². The number of aromatic nitrogens is 3. The molecule has 0 spiro atoms. The third kappa shape index (κ3) is 4.92. The average Bonchev–Trinajstić information content (AvgIpc) is 2.72. The zero-order valence-electron chi connectivity index (χ0n) is 15.1. The van der Waals surface area contributed by atoms with Gasteiger partial charge in [0.05, 0.1) is 7.11 Å². The fraction of sp³-hybridized carbons (Fsp3) is 0.250. The summed E-state index contributed by atoms with van der Waals surface area (Å²) in [7, 11) is 3.70. The summed E-state index contributed by atoms with van der Waals surface area (Å²) in [4.78, 5) is 15.1. The van der Waals surface area contributed by atoms with Gasteiger partial charge < -0.3 is 15.0 Å². The highest BCUT2D eigenvalue weighted by atomic mass is 16.5. The Kier molecular flexibility index (Phi) is 5.98. The van der Waals surface area contributed by atoms with Crippen molar-refractivity contribution in [3.63, 3.8) is 0 Å². The fourth-order valence-corrected chi connectivity index (χ4v) is 2.53. The van der Waals surface area contributed by atoms with Gasteiger partial charge in [0.2, 0.25) is 5.95 Å². The number of rotatable bonds is 8. The summed E-state index contributed by atoms with van der Waals surface area (Å²) in [5.41, 5.74) is 2.41. The summed E-state index contributed by atoms with van der Waals surface area (Å²) in [6.07, 6.45) is 6.36. The van der Waals surface area contributed by atoms with Gasteiger partial charge in [-0.25, -0.2) is 4.98 Å². The van der Waals surface area contributed by atoms with Crippen molar-refractivity contribution in [2.24, 2.45) is 0 Å². The van der Waals surface area contributed by atoms with Gasteiger partial charge in [0.15, 0.2) is 0 Å². The van der Waals surface area contributed by atoms with Crippen LogP contribution >= 0.6 is 0 Å². The Labute approximate surface area is 153 Å². The van der Waals surface area contributed by atoms with Crippen LogP contribution in [0.15, 0.2) is 61.1 Å². The first-order valence-electron chi connectivity index (χ1n) is 8.54. The standard InChI is InChI=1S/C20H23N5O/c1-25(14-10-16-7-11-21-12-8-16)19-9-13-22-20(24-19)23-15-17-3-5-18(26-2)6-4-17/h3-9,11-13H,10,14-15H2,1-2H3,(H,22,23,24). The second-order valence-electron chi connectivity index (χ2n) is 5.97. The predicted molar refractivity (Wildman–Crippen MR) is 104 cm³/mol. The Balaban J connectivity index is 1.56. The first-order valence-corrected chi connectivity index (χ1v) is 8.54. The first kappa shape index (κ1) is 17.7. The molecule has 0 radical (unpaired) electrons. The van der Waals surface area contributed by atoms with Crippen molar-refractivity contribution in [3.8, 4) is 5.75 Å². The summed E-state index contributed by atoms with van der Waals surface area (Å²) in [6, 6.07) is 13.9. The molecule has 2 heterocycles. The molecule has 3 aromatic rings. The summed E-state index contributed by atoms with van der Waals surface area (Å²) in [6.45, 7) is 1.53. The number of nitrogens with zero attached hydrogens (tertiary/aromatic N) is 4. The number of likely N-dealkylation sites (N-methyl/N-ethyl adjacent to an activating group) is 1. The van der Waals surface area contributed by atoms with Crippen molar-refractivity contribution in [3.05, 3.63) is 72.2 Å². The van der Waals surface area contributed by atoms with Crippen LogP contribution in [0.5, 0.6) is 5.75 Å². The van der Waals surface area contributed by atoms with E-state index in [2.05, 4.69) is 25.2 Å². The lowest BCUT2D eigenvalue weighted by Gasteiger charge is -2.18. The molecule has 0 saturated heterocycles. The van der Waals surface area contributed by atoms with E-state index in [1.54, 1.807) is 13.3 Å². The molecule has 1 N–H and O–H groups in total. The number of ether oxygens (including phenoxy) is 1. The third-order valence-electron chi connectivity index (χ3n) is 4.13. The number of nitrogens with one attached hydrogen (secondary N) is 1. The second kappa shape index (κ2) is 8.80. The van der Waals surface area contributed by atoms with Crippen molar-refractivity contribution in [1.29, 1.82) is 0 Å². The van der Waals surface area contributed by atoms with Crippen LogP contribution in [0.4, 0.5) is 11.8 Å². The van der Waals surface area contributed by atoms with E-state index < -0.39 is 0 Å². The Morgan fingerprint density at radius 1 is 0.962 bits per heavy atom. The summed E-state index contributed by atoms with van der Waals surface area (Å²) < 4.78 is 5.17. The maximum absolute atomic E-state index is 5.17. The molecule has 0 aliphatic rings. The van der Waals surface area contributed by atoms with Crippen LogP contribution in [-0.2, 0) is 13.0 Å². The molecule has 0 aliphatic heterocycles. The summed E-state index contributed by atoms with van der Waals surface area (Å²) >= 11 is 0. The number of hydrogen-bond donors (Lipinski definition) is 1. The molecular formula is C20H23N5O. The highest BCUT2D eigenvalue weighted by molar-refractivity contribution is 5.42. The van der Waals surface area contributed by atoms with Crippen LogP contribution < -0.4 is 15.0 Å². The molecule has 134 valence electrons. The smallest absolute Gasteiger partial charge is 0.224 e. The lowest BCUT2D eigenvalue weighted by molar-refractivity contribution is 0.414. The monoisotopic (exact) mass is 349 g/mol. The molecule has 0 fully saturated rings. The van der Waals surface area contributed by atoms with E-state index in [1.807, 2.05) is 61.9 Å². The molecule has 0 saturated carbocycles. The van der Waals surface area contributed by atoms with Crippen LogP contribution in [0, 0.1) is 0 Å². The Morgan fingerprint density at radius 2 is 1.73 bits per heavy atom. The van der Waals surface area contributed by atoms with Crippen molar-refractivity contribution < 1.29 is 4.74 Å². The SMILES string of the molecule is COc1ccc(CNc2nccc(N(C)CCc3ccncc3)n2)cc1. The van der Waals surface area contributed by atoms with E-state index in [0.29, 0.717) is 12.5 Å². The van der Waals surface area contributed by atoms with Gasteiger partial charge in [-0.05, 0) is 47.9 Å². The van der Waals surface area contributed by atoms with Crippen molar-refractivity contribution in [2.75, 3.05) is 30.9 Å². The van der Waals surface area contributed by atoms with Crippen LogP contribution in [0.25, 0.3) is 0 Å². The maximum atomic E-state index is 5.17. The molecule has 1 aromatic carbocycles. The molecule has 3 rings (SSSR count). The summed E-state index contributed by atoms with van der Waals surface area (Å²) in [5.74, 6) is 2.36. The molecule has 0 aliphatic carbocycles. The molecule has 0 atom stereocenters. The van der Waals surface area contributed by atoms with Gasteiger partial charge in [0.1, 0.15) is 11.6 Å². The lowest BCUT2D eigenvalue weighted by Crippen LogP contribution is -2.22. The first-order chi connectivity index (χ1) is 12.7. The lowest BCUT2D eigenvalue weighted by atomic mass is 10.2. The molecule has 2 aromatic heterocycles. The minimum Gasteiger partial charge on any atom is -0.497 e. The van der Waals surface area contributed by atoms with Gasteiger partial charge >= 0.3 is 0 Å². The average molecular weight is 349 g/mol. The van der Waals surface area contributed by atoms with E-state index in [-0.39, 0.29) is 0 Å². The number of pyridine rings is 1. The van der Waals surface area contributed by atoms with E-state index in [9.17, 15) is 0 Å². The van der Waals surface area contributed by atoms with Crippen molar-refractivity contribution in [1.82, 2.24) is 15.0 Å². The topological polar surface area (TPSA) is 63.2 Å². The second-order valence-corrected chi connectivity index (χ2v) is 5.97. The largest absolute Gasteiger partial charge is 0.497 e. The summed E-state index contributed by atoms with van der Waals surface area (Å²) in [5, 5.41) is 3.27. The Hall–Kier alpha value is -3.15. The van der Waals surface area contributed by atoms with Crippen molar-refractivity contribution in [2.45, 2.75) is 13.0 Å². The maximum Gasteiger partial charge on any atom is 0.224 e. The molecule has 6 heteroatoms. The number of anilines is 2. The van der Waals surface area contributed by atoms with Gasteiger partial charge in [0, 0.05) is 38.7 Å². The van der Waals surface area contributed by atoms with Crippen molar-refractivity contribution >= 4 is 11.8 Å². The van der Waals surface area contributed by atoms with Gasteiger partial charge in [-0.2, -0.15) is 4.98 Å². The van der Waals surface area contributed by atoms with E-state index in [4.69, 9.17) is 4.74 Å². The van der Waals surface area contributed by atoms with E-state index in [0.717, 1.165) is 30.1 Å². The Morgan fingerprint density at radius 3 is 2.46 bits per heavy atom. The molecule has 0 unspecified atom stereocenters. The number of methoxy groups -OCH3 is 1. The van der Waals surface area contributed by atoms with E-state index >= 15 is 0 Å². The highest BCUT2D eigenvalue weighted by Crippen LogP contribution is 2.14. The Bertz CT molecular complexity index is 808. The van der Waals surface area contributed by atoms with Crippen LogP contribution in [0.1, 0.15) is 11.1 Å². The van der Waals surface area contributed by atoms with Gasteiger partial charge in [0.25, 0.3) is 0 Å². The highest BCUT2D eigenvalue weighted by Gasteiger charge is 2.05. The number of hydrogen-bond acceptors (Lipinski definition) is 6. The molecular weight excluding hydrogens is 326 g/mol. The molecule has 0 amide bonds. The zero-order valence-corrected chi connectivity index (χ0v) is 15.1.